The molecule has 0 aliphatic rings. The highest BCUT2D eigenvalue weighted by atomic mass is 16.5. The molecule has 0 radical (unpaired) electrons. The van der Waals surface area contributed by atoms with E-state index in [1.165, 1.54) is 0 Å². The van der Waals surface area contributed by atoms with Gasteiger partial charge in [-0.05, 0) is 68.4 Å². The first-order valence-electron chi connectivity index (χ1n) is 11.0. The van der Waals surface area contributed by atoms with Gasteiger partial charge in [-0.2, -0.15) is 0 Å². The van der Waals surface area contributed by atoms with E-state index in [0.29, 0.717) is 31.2 Å². The number of hydrogen-bond donors (Lipinski definition) is 1. The van der Waals surface area contributed by atoms with Gasteiger partial charge in [-0.1, -0.05) is 50.2 Å². The van der Waals surface area contributed by atoms with E-state index in [1.54, 1.807) is 11.8 Å². The van der Waals surface area contributed by atoms with E-state index >= 15 is 0 Å². The fourth-order valence-corrected chi connectivity index (χ4v) is 3.40. The summed E-state index contributed by atoms with van der Waals surface area (Å²) in [5.41, 5.74) is 4.37. The summed E-state index contributed by atoms with van der Waals surface area (Å²) >= 11 is 0. The molecular weight excluding hydrogens is 388 g/mol. The lowest BCUT2D eigenvalue weighted by molar-refractivity contribution is -0.141. The van der Waals surface area contributed by atoms with Crippen molar-refractivity contribution < 1.29 is 14.3 Å². The molecule has 0 fully saturated rings. The molecule has 168 valence electrons. The van der Waals surface area contributed by atoms with Crippen molar-refractivity contribution in [2.45, 2.75) is 54.0 Å². The van der Waals surface area contributed by atoms with Gasteiger partial charge in [0.15, 0.2) is 6.61 Å². The first-order valence-corrected chi connectivity index (χ1v) is 11.0. The van der Waals surface area contributed by atoms with E-state index in [2.05, 4.69) is 11.4 Å². The van der Waals surface area contributed by atoms with Gasteiger partial charge in [-0.3, -0.25) is 9.59 Å². The lowest BCUT2D eigenvalue weighted by Crippen LogP contribution is -2.50. The Bertz CT molecular complexity index is 878. The van der Waals surface area contributed by atoms with Crippen molar-refractivity contribution in [1.29, 1.82) is 0 Å². The maximum Gasteiger partial charge on any atom is 0.261 e. The normalized spacial score (nSPS) is 11.8. The summed E-state index contributed by atoms with van der Waals surface area (Å²) in [6, 6.07) is 13.5. The summed E-state index contributed by atoms with van der Waals surface area (Å²) in [5, 5.41) is 2.94. The Morgan fingerprint density at radius 2 is 1.71 bits per heavy atom. The number of amides is 2. The van der Waals surface area contributed by atoms with Gasteiger partial charge in [0.05, 0.1) is 0 Å². The Labute approximate surface area is 186 Å². The molecular formula is C26H36N2O3. The third-order valence-electron chi connectivity index (χ3n) is 5.45. The van der Waals surface area contributed by atoms with E-state index in [0.717, 1.165) is 22.3 Å². The molecule has 0 aromatic heterocycles. The molecule has 0 saturated carbocycles. The van der Waals surface area contributed by atoms with Gasteiger partial charge in [0.1, 0.15) is 11.8 Å². The van der Waals surface area contributed by atoms with Crippen LogP contribution in [0.2, 0.25) is 0 Å². The number of carbonyl (C=O) groups excluding carboxylic acids is 2. The average molecular weight is 425 g/mol. The molecule has 0 spiro atoms. The van der Waals surface area contributed by atoms with Gasteiger partial charge in [0, 0.05) is 13.1 Å². The number of rotatable bonds is 10. The van der Waals surface area contributed by atoms with Crippen LogP contribution in [0, 0.1) is 26.7 Å². The predicted octanol–water partition coefficient (Wildman–Crippen LogP) is 4.22. The van der Waals surface area contributed by atoms with Crippen molar-refractivity contribution in [3.05, 3.63) is 64.7 Å². The summed E-state index contributed by atoms with van der Waals surface area (Å²) in [5.74, 6) is 0.727. The van der Waals surface area contributed by atoms with E-state index in [4.69, 9.17) is 4.74 Å². The molecule has 0 bridgehead atoms. The number of nitrogens with zero attached hydrogens (tertiary/aromatic N) is 1. The molecule has 0 heterocycles. The van der Waals surface area contributed by atoms with Crippen molar-refractivity contribution in [3.8, 4) is 5.75 Å². The topological polar surface area (TPSA) is 58.6 Å². The molecule has 1 N–H and O–H groups in total. The molecule has 5 nitrogen and oxygen atoms in total. The van der Waals surface area contributed by atoms with Crippen LogP contribution in [0.1, 0.15) is 43.0 Å². The van der Waals surface area contributed by atoms with Gasteiger partial charge < -0.3 is 15.0 Å². The highest BCUT2D eigenvalue weighted by Gasteiger charge is 2.26. The molecule has 2 amide bonds. The summed E-state index contributed by atoms with van der Waals surface area (Å²) < 4.78 is 5.90. The van der Waals surface area contributed by atoms with Gasteiger partial charge >= 0.3 is 0 Å². The Hall–Kier alpha value is -2.82. The number of hydrogen-bond acceptors (Lipinski definition) is 3. The lowest BCUT2D eigenvalue weighted by Gasteiger charge is -2.29. The van der Waals surface area contributed by atoms with Crippen LogP contribution in [-0.4, -0.2) is 42.5 Å². The minimum absolute atomic E-state index is 0.0969. The van der Waals surface area contributed by atoms with Crippen LogP contribution in [0.25, 0.3) is 0 Å². The standard InChI is InChI=1S/C26H36N2O3/c1-18(2)16-27-26(30)22(6)28(13-12-23-10-8-7-9-11-23)25(29)17-31-24-15-19(3)14-20(4)21(24)5/h7-11,14-15,18,22H,12-13,16-17H2,1-6H3,(H,27,30)/t22-/m1/s1. The van der Waals surface area contributed by atoms with Crippen LogP contribution in [0.4, 0.5) is 0 Å². The molecule has 2 aromatic rings. The van der Waals surface area contributed by atoms with Crippen LogP contribution in [0.15, 0.2) is 42.5 Å². The minimum Gasteiger partial charge on any atom is -0.483 e. The fraction of sp³-hybridized carbons (Fsp3) is 0.462. The van der Waals surface area contributed by atoms with Crippen LogP contribution < -0.4 is 10.1 Å². The highest BCUT2D eigenvalue weighted by Crippen LogP contribution is 2.23. The summed E-state index contributed by atoms with van der Waals surface area (Å²) in [6.45, 7) is 12.8. The van der Waals surface area contributed by atoms with Crippen LogP contribution in [0.5, 0.6) is 5.75 Å². The van der Waals surface area contributed by atoms with E-state index in [1.807, 2.05) is 71.0 Å². The molecule has 0 aliphatic heterocycles. The second-order valence-electron chi connectivity index (χ2n) is 8.63. The minimum atomic E-state index is -0.570. The van der Waals surface area contributed by atoms with Crippen LogP contribution in [0.3, 0.4) is 0 Å². The molecule has 31 heavy (non-hydrogen) atoms. The Kier molecular flexibility index (Phi) is 9.10. The zero-order valence-electron chi connectivity index (χ0n) is 19.7. The molecule has 0 saturated heterocycles. The summed E-state index contributed by atoms with van der Waals surface area (Å²) in [7, 11) is 0. The molecule has 2 aromatic carbocycles. The largest absolute Gasteiger partial charge is 0.483 e. The van der Waals surface area contributed by atoms with Gasteiger partial charge in [-0.15, -0.1) is 0 Å². The summed E-state index contributed by atoms with van der Waals surface area (Å²) in [4.78, 5) is 27.4. The average Bonchev–Trinajstić information content (AvgIpc) is 2.74. The molecule has 0 aliphatic carbocycles. The highest BCUT2D eigenvalue weighted by molar-refractivity contribution is 5.88. The fourth-order valence-electron chi connectivity index (χ4n) is 3.40. The number of nitrogens with one attached hydrogen (secondary N) is 1. The summed E-state index contributed by atoms with van der Waals surface area (Å²) in [6.07, 6.45) is 0.678. The molecule has 2 rings (SSSR count). The number of carbonyl (C=O) groups is 2. The lowest BCUT2D eigenvalue weighted by atomic mass is 10.1. The SMILES string of the molecule is Cc1cc(C)c(C)c(OCC(=O)N(CCc2ccccc2)[C@H](C)C(=O)NCC(C)C)c1. The van der Waals surface area contributed by atoms with E-state index < -0.39 is 6.04 Å². The first kappa shape index (κ1) is 24.4. The van der Waals surface area contributed by atoms with E-state index in [-0.39, 0.29) is 18.4 Å². The molecule has 5 heteroatoms. The first-order chi connectivity index (χ1) is 14.7. The van der Waals surface area contributed by atoms with Gasteiger partial charge in [-0.25, -0.2) is 0 Å². The monoisotopic (exact) mass is 424 g/mol. The van der Waals surface area contributed by atoms with Gasteiger partial charge in [0.2, 0.25) is 5.91 Å². The Morgan fingerprint density at radius 3 is 2.35 bits per heavy atom. The van der Waals surface area contributed by atoms with Crippen molar-refractivity contribution in [1.82, 2.24) is 10.2 Å². The Morgan fingerprint density at radius 1 is 1.03 bits per heavy atom. The maximum atomic E-state index is 13.1. The van der Waals surface area contributed by atoms with Crippen LogP contribution >= 0.6 is 0 Å². The number of benzene rings is 2. The molecule has 0 unspecified atom stereocenters. The predicted molar refractivity (Wildman–Crippen MR) is 125 cm³/mol. The third kappa shape index (κ3) is 7.42. The maximum absolute atomic E-state index is 13.1. The third-order valence-corrected chi connectivity index (χ3v) is 5.45. The second-order valence-corrected chi connectivity index (χ2v) is 8.63. The second kappa shape index (κ2) is 11.5. The number of ether oxygens (including phenoxy) is 1. The van der Waals surface area contributed by atoms with Crippen molar-refractivity contribution in [3.63, 3.8) is 0 Å². The van der Waals surface area contributed by atoms with Crippen LogP contribution in [-0.2, 0) is 16.0 Å². The zero-order valence-corrected chi connectivity index (χ0v) is 19.7. The zero-order chi connectivity index (χ0) is 23.0. The Balaban J connectivity index is 2.12. The smallest absolute Gasteiger partial charge is 0.261 e. The van der Waals surface area contributed by atoms with Crippen molar-refractivity contribution in [2.75, 3.05) is 19.7 Å². The van der Waals surface area contributed by atoms with Crippen molar-refractivity contribution in [2.24, 2.45) is 5.92 Å². The molecule has 1 atom stereocenters. The number of aryl methyl sites for hydroxylation is 2. The quantitative estimate of drug-likeness (QED) is 0.621. The van der Waals surface area contributed by atoms with E-state index in [9.17, 15) is 9.59 Å². The van der Waals surface area contributed by atoms with Crippen molar-refractivity contribution >= 4 is 11.8 Å². The van der Waals surface area contributed by atoms with Gasteiger partial charge in [0.25, 0.3) is 5.91 Å².